The second kappa shape index (κ2) is 6.29. The lowest BCUT2D eigenvalue weighted by Gasteiger charge is -2.23. The summed E-state index contributed by atoms with van der Waals surface area (Å²) >= 11 is 3.37. The maximum absolute atomic E-state index is 13.1. The fourth-order valence-electron chi connectivity index (χ4n) is 1.61. The Morgan fingerprint density at radius 3 is 2.72 bits per heavy atom. The van der Waals surface area contributed by atoms with Gasteiger partial charge in [-0.3, -0.25) is 4.79 Å². The molecule has 1 amide bonds. The highest BCUT2D eigenvalue weighted by Gasteiger charge is 2.25. The number of carbonyl (C=O) groups excluding carboxylic acids is 1. The van der Waals surface area contributed by atoms with Crippen LogP contribution < -0.4 is 10.6 Å². The van der Waals surface area contributed by atoms with E-state index in [1.54, 1.807) is 13.1 Å². The Kier molecular flexibility index (Phi) is 5.28. The molecule has 1 rings (SSSR count). The summed E-state index contributed by atoms with van der Waals surface area (Å²) in [5, 5.41) is 5.79. The maximum Gasteiger partial charge on any atom is 0.226 e. The van der Waals surface area contributed by atoms with Crippen LogP contribution in [0.4, 0.5) is 4.39 Å². The van der Waals surface area contributed by atoms with Crippen molar-refractivity contribution in [3.05, 3.63) is 34.1 Å². The van der Waals surface area contributed by atoms with Crippen LogP contribution in [0.2, 0.25) is 0 Å². The molecule has 0 saturated heterocycles. The summed E-state index contributed by atoms with van der Waals surface area (Å²) in [7, 11) is 1.62. The van der Waals surface area contributed by atoms with Crippen molar-refractivity contribution in [2.45, 2.75) is 20.4 Å². The third kappa shape index (κ3) is 4.07. The molecule has 0 aromatic heterocycles. The van der Waals surface area contributed by atoms with Crippen LogP contribution in [0.25, 0.3) is 0 Å². The smallest absolute Gasteiger partial charge is 0.226 e. The summed E-state index contributed by atoms with van der Waals surface area (Å²) in [6.45, 7) is 4.76. The van der Waals surface area contributed by atoms with Gasteiger partial charge in [-0.1, -0.05) is 15.9 Å². The summed E-state index contributed by atoms with van der Waals surface area (Å²) in [6.07, 6.45) is 0. The van der Waals surface area contributed by atoms with Gasteiger partial charge < -0.3 is 10.6 Å². The van der Waals surface area contributed by atoms with Crippen LogP contribution in [0.3, 0.4) is 0 Å². The van der Waals surface area contributed by atoms with Gasteiger partial charge in [0.25, 0.3) is 0 Å². The highest BCUT2D eigenvalue weighted by Crippen LogP contribution is 2.18. The van der Waals surface area contributed by atoms with Crippen molar-refractivity contribution in [3.63, 3.8) is 0 Å². The monoisotopic (exact) mass is 316 g/mol. The Labute approximate surface area is 115 Å². The van der Waals surface area contributed by atoms with E-state index in [9.17, 15) is 9.18 Å². The Hall–Kier alpha value is -0.940. The van der Waals surface area contributed by atoms with Gasteiger partial charge >= 0.3 is 0 Å². The normalized spacial score (nSPS) is 11.4. The molecule has 3 nitrogen and oxygen atoms in total. The lowest BCUT2D eigenvalue weighted by atomic mass is 9.92. The quantitative estimate of drug-likeness (QED) is 0.876. The van der Waals surface area contributed by atoms with E-state index in [4.69, 9.17) is 0 Å². The second-order valence-corrected chi connectivity index (χ2v) is 5.66. The van der Waals surface area contributed by atoms with E-state index >= 15 is 0 Å². The van der Waals surface area contributed by atoms with Crippen LogP contribution in [0.1, 0.15) is 19.4 Å². The highest BCUT2D eigenvalue weighted by atomic mass is 79.9. The van der Waals surface area contributed by atoms with Gasteiger partial charge in [0, 0.05) is 24.6 Å². The number of halogens is 2. The average molecular weight is 317 g/mol. The van der Waals surface area contributed by atoms with Gasteiger partial charge in [0.05, 0.1) is 5.41 Å². The standard InChI is InChI=1S/C13H18BrFN2O/c1-13(2,12(18)16-3)8-17-7-9-6-10(15)4-5-11(9)14/h4-6,17H,7-8H2,1-3H3,(H,16,18). The molecule has 0 unspecified atom stereocenters. The molecule has 18 heavy (non-hydrogen) atoms. The van der Waals surface area contributed by atoms with E-state index in [-0.39, 0.29) is 11.7 Å². The molecule has 100 valence electrons. The molecule has 1 aromatic carbocycles. The molecule has 0 aliphatic rings. The van der Waals surface area contributed by atoms with Crippen molar-refractivity contribution in [2.75, 3.05) is 13.6 Å². The largest absolute Gasteiger partial charge is 0.359 e. The lowest BCUT2D eigenvalue weighted by Crippen LogP contribution is -2.41. The van der Waals surface area contributed by atoms with Crippen LogP contribution in [0.5, 0.6) is 0 Å². The van der Waals surface area contributed by atoms with E-state index < -0.39 is 5.41 Å². The van der Waals surface area contributed by atoms with Gasteiger partial charge in [0.2, 0.25) is 5.91 Å². The molecule has 0 aliphatic heterocycles. The lowest BCUT2D eigenvalue weighted by molar-refractivity contribution is -0.128. The number of hydrogen-bond acceptors (Lipinski definition) is 2. The summed E-state index contributed by atoms with van der Waals surface area (Å²) < 4.78 is 13.9. The number of rotatable bonds is 5. The molecular weight excluding hydrogens is 299 g/mol. The molecule has 5 heteroatoms. The first kappa shape index (κ1) is 15.1. The van der Waals surface area contributed by atoms with Crippen molar-refractivity contribution in [2.24, 2.45) is 5.41 Å². The fourth-order valence-corrected chi connectivity index (χ4v) is 1.99. The molecule has 0 atom stereocenters. The Morgan fingerprint density at radius 2 is 2.11 bits per heavy atom. The van der Waals surface area contributed by atoms with Gasteiger partial charge in [-0.15, -0.1) is 0 Å². The van der Waals surface area contributed by atoms with Crippen molar-refractivity contribution in [1.82, 2.24) is 10.6 Å². The number of amides is 1. The fraction of sp³-hybridized carbons (Fsp3) is 0.462. The van der Waals surface area contributed by atoms with Gasteiger partial charge in [-0.25, -0.2) is 4.39 Å². The minimum atomic E-state index is -0.492. The van der Waals surface area contributed by atoms with Crippen LogP contribution >= 0.6 is 15.9 Å². The van der Waals surface area contributed by atoms with E-state index in [0.29, 0.717) is 13.1 Å². The molecule has 0 fully saturated rings. The van der Waals surface area contributed by atoms with Crippen LogP contribution in [0.15, 0.2) is 22.7 Å². The zero-order valence-corrected chi connectivity index (χ0v) is 12.4. The Balaban J connectivity index is 2.56. The van der Waals surface area contributed by atoms with Crippen LogP contribution in [-0.4, -0.2) is 19.5 Å². The van der Waals surface area contributed by atoms with Gasteiger partial charge in [-0.05, 0) is 37.6 Å². The van der Waals surface area contributed by atoms with E-state index in [2.05, 4.69) is 26.6 Å². The van der Waals surface area contributed by atoms with Crippen molar-refractivity contribution in [1.29, 1.82) is 0 Å². The van der Waals surface area contributed by atoms with Gasteiger partial charge in [0.15, 0.2) is 0 Å². The number of carbonyl (C=O) groups is 1. The van der Waals surface area contributed by atoms with Crippen molar-refractivity contribution in [3.8, 4) is 0 Å². The second-order valence-electron chi connectivity index (χ2n) is 4.80. The van der Waals surface area contributed by atoms with E-state index in [1.165, 1.54) is 12.1 Å². The zero-order chi connectivity index (χ0) is 13.8. The molecule has 0 heterocycles. The summed E-state index contributed by atoms with van der Waals surface area (Å²) in [5.41, 5.74) is 0.344. The first-order valence-corrected chi connectivity index (χ1v) is 6.53. The van der Waals surface area contributed by atoms with Gasteiger partial charge in [-0.2, -0.15) is 0 Å². The minimum Gasteiger partial charge on any atom is -0.359 e. The topological polar surface area (TPSA) is 41.1 Å². The zero-order valence-electron chi connectivity index (χ0n) is 10.8. The molecule has 0 spiro atoms. The molecule has 0 saturated carbocycles. The molecule has 1 aromatic rings. The van der Waals surface area contributed by atoms with E-state index in [1.807, 2.05) is 13.8 Å². The molecule has 2 N–H and O–H groups in total. The van der Waals surface area contributed by atoms with Gasteiger partial charge in [0.1, 0.15) is 5.82 Å². The predicted molar refractivity (Wildman–Crippen MR) is 73.7 cm³/mol. The molecule has 0 radical (unpaired) electrons. The number of benzene rings is 1. The SMILES string of the molecule is CNC(=O)C(C)(C)CNCc1cc(F)ccc1Br. The first-order valence-electron chi connectivity index (χ1n) is 5.73. The van der Waals surface area contributed by atoms with Crippen LogP contribution in [-0.2, 0) is 11.3 Å². The Morgan fingerprint density at radius 1 is 1.44 bits per heavy atom. The highest BCUT2D eigenvalue weighted by molar-refractivity contribution is 9.10. The third-order valence-corrected chi connectivity index (χ3v) is 3.51. The summed E-state index contributed by atoms with van der Waals surface area (Å²) in [4.78, 5) is 11.6. The predicted octanol–water partition coefficient (Wildman–Crippen LogP) is 2.45. The summed E-state index contributed by atoms with van der Waals surface area (Å²) in [5.74, 6) is -0.283. The summed E-state index contributed by atoms with van der Waals surface area (Å²) in [6, 6.07) is 4.56. The average Bonchev–Trinajstić information content (AvgIpc) is 2.32. The molecule has 0 bridgehead atoms. The van der Waals surface area contributed by atoms with Crippen LogP contribution in [0, 0.1) is 11.2 Å². The molecular formula is C13H18BrFN2O. The third-order valence-electron chi connectivity index (χ3n) is 2.73. The minimum absolute atomic E-state index is 0.0201. The Bertz CT molecular complexity index is 435. The number of nitrogens with one attached hydrogen (secondary N) is 2. The first-order chi connectivity index (χ1) is 8.36. The van der Waals surface area contributed by atoms with E-state index in [0.717, 1.165) is 10.0 Å². The maximum atomic E-state index is 13.1. The van der Waals surface area contributed by atoms with Crippen molar-refractivity contribution >= 4 is 21.8 Å². The number of hydrogen-bond donors (Lipinski definition) is 2. The van der Waals surface area contributed by atoms with Crippen molar-refractivity contribution < 1.29 is 9.18 Å². The molecule has 0 aliphatic carbocycles.